The van der Waals surface area contributed by atoms with Crippen LogP contribution >= 0.6 is 0 Å². The van der Waals surface area contributed by atoms with Crippen LogP contribution in [-0.4, -0.2) is 40.7 Å². The number of aliphatic hydroxyl groups is 2. The number of hydrogen-bond donors (Lipinski definition) is 2. The lowest BCUT2D eigenvalue weighted by molar-refractivity contribution is -0.148. The van der Waals surface area contributed by atoms with E-state index in [2.05, 4.69) is 0 Å². The maximum atomic E-state index is 13.0. The summed E-state index contributed by atoms with van der Waals surface area (Å²) in [7, 11) is 0. The van der Waals surface area contributed by atoms with Gasteiger partial charge in [-0.15, -0.1) is 0 Å². The lowest BCUT2D eigenvalue weighted by atomic mass is 9.85. The lowest BCUT2D eigenvalue weighted by Crippen LogP contribution is -2.48. The molecule has 0 bridgehead atoms. The van der Waals surface area contributed by atoms with Crippen molar-refractivity contribution >= 4 is 5.91 Å². The van der Waals surface area contributed by atoms with Crippen molar-refractivity contribution < 1.29 is 15.0 Å². The molecule has 0 spiro atoms. The van der Waals surface area contributed by atoms with Crippen molar-refractivity contribution in [2.24, 2.45) is 0 Å². The summed E-state index contributed by atoms with van der Waals surface area (Å²) < 4.78 is 0. The zero-order chi connectivity index (χ0) is 16.0. The Morgan fingerprint density at radius 3 is 1.82 bits per heavy atom. The molecular formula is C18H21NO3. The fourth-order valence-corrected chi connectivity index (χ4v) is 2.53. The first-order chi connectivity index (χ1) is 10.6. The first kappa shape index (κ1) is 16.2. The van der Waals surface area contributed by atoms with Gasteiger partial charge in [0, 0.05) is 13.1 Å². The Hall–Kier alpha value is -2.17. The van der Waals surface area contributed by atoms with Crippen LogP contribution in [0.3, 0.4) is 0 Å². The average molecular weight is 299 g/mol. The van der Waals surface area contributed by atoms with Gasteiger partial charge in [-0.25, -0.2) is 0 Å². The summed E-state index contributed by atoms with van der Waals surface area (Å²) in [4.78, 5) is 14.4. The average Bonchev–Trinajstić information content (AvgIpc) is 2.60. The van der Waals surface area contributed by atoms with Crippen LogP contribution < -0.4 is 0 Å². The minimum atomic E-state index is -1.76. The Morgan fingerprint density at radius 1 is 1.00 bits per heavy atom. The van der Waals surface area contributed by atoms with Crippen molar-refractivity contribution in [2.45, 2.75) is 12.5 Å². The van der Waals surface area contributed by atoms with E-state index in [1.54, 1.807) is 48.5 Å². The van der Waals surface area contributed by atoms with E-state index in [1.165, 1.54) is 4.90 Å². The molecule has 0 unspecified atom stereocenters. The predicted molar refractivity (Wildman–Crippen MR) is 85.2 cm³/mol. The number of rotatable bonds is 6. The lowest BCUT2D eigenvalue weighted by Gasteiger charge is -2.33. The molecule has 0 atom stereocenters. The van der Waals surface area contributed by atoms with Crippen LogP contribution in [0.2, 0.25) is 0 Å². The maximum absolute atomic E-state index is 13.0. The zero-order valence-electron chi connectivity index (χ0n) is 12.6. The molecule has 2 aromatic rings. The molecule has 0 heterocycles. The number of likely N-dealkylation sites (N-methyl/N-ethyl adjacent to an activating group) is 1. The second kappa shape index (κ2) is 7.20. The molecular weight excluding hydrogens is 278 g/mol. The van der Waals surface area contributed by atoms with E-state index < -0.39 is 11.5 Å². The summed E-state index contributed by atoms with van der Waals surface area (Å²) in [5.74, 6) is -0.429. The normalized spacial score (nSPS) is 11.2. The fraction of sp³-hybridized carbons (Fsp3) is 0.278. The largest absolute Gasteiger partial charge is 0.395 e. The molecule has 0 aliphatic heterocycles. The van der Waals surface area contributed by atoms with Gasteiger partial charge in [0.15, 0.2) is 5.60 Å². The molecule has 0 saturated carbocycles. The Bertz CT molecular complexity index is 559. The molecule has 0 fully saturated rings. The highest BCUT2D eigenvalue weighted by Gasteiger charge is 2.42. The molecule has 0 aliphatic rings. The van der Waals surface area contributed by atoms with Crippen LogP contribution in [0.5, 0.6) is 0 Å². The molecule has 1 amide bonds. The van der Waals surface area contributed by atoms with Crippen molar-refractivity contribution in [3.8, 4) is 0 Å². The van der Waals surface area contributed by atoms with Crippen LogP contribution in [0.25, 0.3) is 0 Å². The van der Waals surface area contributed by atoms with Gasteiger partial charge < -0.3 is 15.1 Å². The Balaban J connectivity index is 2.54. The second-order valence-electron chi connectivity index (χ2n) is 5.05. The smallest absolute Gasteiger partial charge is 0.264 e. The SMILES string of the molecule is CCN(CCO)C(=O)C(O)(c1ccccc1)c1ccccc1. The number of benzene rings is 2. The minimum Gasteiger partial charge on any atom is -0.395 e. The van der Waals surface area contributed by atoms with Gasteiger partial charge in [-0.05, 0) is 18.1 Å². The Morgan fingerprint density at radius 2 is 1.45 bits per heavy atom. The third-order valence-electron chi connectivity index (χ3n) is 3.73. The standard InChI is InChI=1S/C18H21NO3/c1-2-19(13-14-20)17(21)18(22,15-9-5-3-6-10-15)16-11-7-4-8-12-16/h3-12,20,22H,2,13-14H2,1H3. The molecule has 2 N–H and O–H groups in total. The molecule has 4 nitrogen and oxygen atoms in total. The Kier molecular flexibility index (Phi) is 5.31. The number of nitrogens with zero attached hydrogens (tertiary/aromatic N) is 1. The number of carbonyl (C=O) groups is 1. The summed E-state index contributed by atoms with van der Waals surface area (Å²) in [6.45, 7) is 2.29. The number of carbonyl (C=O) groups excluding carboxylic acids is 1. The molecule has 2 aromatic carbocycles. The van der Waals surface area contributed by atoms with Crippen molar-refractivity contribution in [1.29, 1.82) is 0 Å². The predicted octanol–water partition coefficient (Wildman–Crippen LogP) is 1.76. The summed E-state index contributed by atoms with van der Waals surface area (Å²) in [6.07, 6.45) is 0. The van der Waals surface area contributed by atoms with Crippen molar-refractivity contribution in [3.05, 3.63) is 71.8 Å². The second-order valence-corrected chi connectivity index (χ2v) is 5.05. The van der Waals surface area contributed by atoms with Crippen LogP contribution in [0.1, 0.15) is 18.1 Å². The molecule has 0 radical (unpaired) electrons. The van der Waals surface area contributed by atoms with E-state index in [1.807, 2.05) is 19.1 Å². The van der Waals surface area contributed by atoms with Gasteiger partial charge in [0.25, 0.3) is 5.91 Å². The quantitative estimate of drug-likeness (QED) is 0.854. The van der Waals surface area contributed by atoms with Gasteiger partial charge in [-0.2, -0.15) is 0 Å². The van der Waals surface area contributed by atoms with Gasteiger partial charge >= 0.3 is 0 Å². The van der Waals surface area contributed by atoms with Crippen LogP contribution in [0.4, 0.5) is 0 Å². The number of amides is 1. The van der Waals surface area contributed by atoms with Crippen LogP contribution in [-0.2, 0) is 10.4 Å². The van der Waals surface area contributed by atoms with Gasteiger partial charge in [-0.1, -0.05) is 60.7 Å². The molecule has 0 saturated heterocycles. The highest BCUT2D eigenvalue weighted by atomic mass is 16.3. The zero-order valence-corrected chi connectivity index (χ0v) is 12.6. The minimum absolute atomic E-state index is 0.140. The third kappa shape index (κ3) is 3.03. The molecule has 2 rings (SSSR count). The summed E-state index contributed by atoms with van der Waals surface area (Å²) in [5.41, 5.74) is -0.724. The van der Waals surface area contributed by atoms with E-state index in [9.17, 15) is 9.90 Å². The van der Waals surface area contributed by atoms with Gasteiger partial charge in [-0.3, -0.25) is 4.79 Å². The van der Waals surface area contributed by atoms with E-state index in [0.717, 1.165) is 0 Å². The molecule has 4 heteroatoms. The Labute approximate surface area is 130 Å². The van der Waals surface area contributed by atoms with E-state index in [0.29, 0.717) is 17.7 Å². The van der Waals surface area contributed by atoms with Crippen molar-refractivity contribution in [3.63, 3.8) is 0 Å². The van der Waals surface area contributed by atoms with E-state index in [-0.39, 0.29) is 13.2 Å². The highest BCUT2D eigenvalue weighted by molar-refractivity contribution is 5.90. The first-order valence-corrected chi connectivity index (χ1v) is 7.38. The van der Waals surface area contributed by atoms with Gasteiger partial charge in [0.2, 0.25) is 0 Å². The molecule has 116 valence electrons. The third-order valence-corrected chi connectivity index (χ3v) is 3.73. The maximum Gasteiger partial charge on any atom is 0.264 e. The van der Waals surface area contributed by atoms with Gasteiger partial charge in [0.1, 0.15) is 0 Å². The monoisotopic (exact) mass is 299 g/mol. The highest BCUT2D eigenvalue weighted by Crippen LogP contribution is 2.31. The van der Waals surface area contributed by atoms with Crippen molar-refractivity contribution in [1.82, 2.24) is 4.90 Å². The summed E-state index contributed by atoms with van der Waals surface area (Å²) in [6, 6.07) is 17.8. The van der Waals surface area contributed by atoms with Crippen LogP contribution in [0.15, 0.2) is 60.7 Å². The van der Waals surface area contributed by atoms with E-state index >= 15 is 0 Å². The molecule has 0 aromatic heterocycles. The van der Waals surface area contributed by atoms with E-state index in [4.69, 9.17) is 5.11 Å². The molecule has 0 aliphatic carbocycles. The van der Waals surface area contributed by atoms with Crippen molar-refractivity contribution in [2.75, 3.05) is 19.7 Å². The molecule has 22 heavy (non-hydrogen) atoms. The topological polar surface area (TPSA) is 60.8 Å². The first-order valence-electron chi connectivity index (χ1n) is 7.38. The van der Waals surface area contributed by atoms with Crippen LogP contribution in [0, 0.1) is 0 Å². The number of hydrogen-bond acceptors (Lipinski definition) is 3. The summed E-state index contributed by atoms with van der Waals surface area (Å²) >= 11 is 0. The fourth-order valence-electron chi connectivity index (χ4n) is 2.53. The number of aliphatic hydroxyl groups excluding tert-OH is 1. The summed E-state index contributed by atoms with van der Waals surface area (Å²) in [5, 5.41) is 20.4. The van der Waals surface area contributed by atoms with Gasteiger partial charge in [0.05, 0.1) is 6.61 Å².